The third-order valence-corrected chi connectivity index (χ3v) is 4.53. The Hall–Kier alpha value is -2.94. The zero-order valence-corrected chi connectivity index (χ0v) is 15.5. The van der Waals surface area contributed by atoms with Gasteiger partial charge in [0.25, 0.3) is 0 Å². The summed E-state index contributed by atoms with van der Waals surface area (Å²) in [7, 11) is 1.53. The summed E-state index contributed by atoms with van der Waals surface area (Å²) < 4.78 is 34.3. The molecule has 0 aliphatic heterocycles. The van der Waals surface area contributed by atoms with Crippen molar-refractivity contribution in [2.24, 2.45) is 0 Å². The molecule has 0 bridgehead atoms. The molecule has 0 saturated carbocycles. The van der Waals surface area contributed by atoms with E-state index in [0.717, 1.165) is 23.6 Å². The van der Waals surface area contributed by atoms with Crippen LogP contribution in [0.1, 0.15) is 30.0 Å². The van der Waals surface area contributed by atoms with Crippen molar-refractivity contribution in [2.75, 3.05) is 7.11 Å². The third kappa shape index (κ3) is 4.43. The number of rotatable bonds is 6. The van der Waals surface area contributed by atoms with Gasteiger partial charge >= 0.3 is 0 Å². The molecule has 0 saturated heterocycles. The summed E-state index contributed by atoms with van der Waals surface area (Å²) in [5.41, 5.74) is 1.65. The van der Waals surface area contributed by atoms with E-state index in [0.29, 0.717) is 5.75 Å². The Bertz CT molecular complexity index is 985. The van der Waals surface area contributed by atoms with Crippen molar-refractivity contribution < 1.29 is 13.5 Å². The number of fused-ring (bicyclic) bond motifs is 1. The highest BCUT2D eigenvalue weighted by molar-refractivity contribution is 5.90. The lowest BCUT2D eigenvalue weighted by Gasteiger charge is -2.07. The van der Waals surface area contributed by atoms with Crippen LogP contribution in [0.15, 0.2) is 72.8 Å². The van der Waals surface area contributed by atoms with E-state index in [-0.39, 0.29) is 11.1 Å². The van der Waals surface area contributed by atoms with Gasteiger partial charge in [-0.3, -0.25) is 0 Å². The van der Waals surface area contributed by atoms with Crippen LogP contribution in [0.4, 0.5) is 8.78 Å². The van der Waals surface area contributed by atoms with Crippen molar-refractivity contribution in [3.63, 3.8) is 0 Å². The molecule has 3 aromatic rings. The molecule has 0 aromatic heterocycles. The van der Waals surface area contributed by atoms with Gasteiger partial charge in [0.2, 0.25) is 0 Å². The number of benzene rings is 3. The third-order valence-electron chi connectivity index (χ3n) is 4.53. The predicted molar refractivity (Wildman–Crippen MR) is 109 cm³/mol. The molecule has 0 atom stereocenters. The largest absolute Gasteiger partial charge is 0.497 e. The molecule has 0 amide bonds. The molecular formula is C24H22F2O. The normalized spacial score (nSPS) is 12.4. The van der Waals surface area contributed by atoms with Gasteiger partial charge in [0.1, 0.15) is 5.75 Å². The molecule has 0 spiro atoms. The molecule has 3 rings (SSSR count). The van der Waals surface area contributed by atoms with Gasteiger partial charge in [-0.25, -0.2) is 8.78 Å². The van der Waals surface area contributed by atoms with Crippen LogP contribution in [0, 0.1) is 0 Å². The van der Waals surface area contributed by atoms with Crippen molar-refractivity contribution >= 4 is 22.4 Å². The molecule has 0 radical (unpaired) electrons. The molecule has 138 valence electrons. The molecular weight excluding hydrogens is 342 g/mol. The fourth-order valence-corrected chi connectivity index (χ4v) is 2.99. The highest BCUT2D eigenvalue weighted by Gasteiger charge is 2.12. The Morgan fingerprint density at radius 3 is 2.19 bits per heavy atom. The fourth-order valence-electron chi connectivity index (χ4n) is 2.99. The van der Waals surface area contributed by atoms with Crippen LogP contribution >= 0.6 is 0 Å². The Morgan fingerprint density at radius 1 is 0.852 bits per heavy atom. The Morgan fingerprint density at radius 2 is 1.48 bits per heavy atom. The van der Waals surface area contributed by atoms with E-state index in [9.17, 15) is 8.78 Å². The summed E-state index contributed by atoms with van der Waals surface area (Å²) in [6, 6.07) is 17.5. The minimum Gasteiger partial charge on any atom is -0.497 e. The summed E-state index contributed by atoms with van der Waals surface area (Å²) in [5, 5.41) is 1.91. The van der Waals surface area contributed by atoms with Crippen LogP contribution in [-0.2, 0) is 6.42 Å². The first kappa shape index (κ1) is 18.8. The van der Waals surface area contributed by atoms with Crippen LogP contribution in [0.25, 0.3) is 22.4 Å². The quantitative estimate of drug-likeness (QED) is 0.334. The fraction of sp³-hybridized carbons (Fsp3) is 0.167. The Balaban J connectivity index is 1.89. The van der Waals surface area contributed by atoms with E-state index >= 15 is 0 Å². The van der Waals surface area contributed by atoms with Crippen LogP contribution in [0.2, 0.25) is 0 Å². The summed E-state index contributed by atoms with van der Waals surface area (Å²) in [4.78, 5) is 0. The summed E-state index contributed by atoms with van der Waals surface area (Å²) >= 11 is 0. The number of hydrogen-bond donors (Lipinski definition) is 0. The molecule has 0 aliphatic carbocycles. The van der Waals surface area contributed by atoms with Crippen LogP contribution < -0.4 is 4.74 Å². The lowest BCUT2D eigenvalue weighted by Crippen LogP contribution is -1.88. The van der Waals surface area contributed by atoms with Crippen LogP contribution in [0.3, 0.4) is 0 Å². The number of allylic oxidation sites excluding steroid dienone is 2. The van der Waals surface area contributed by atoms with Gasteiger partial charge in [-0.05, 0) is 66.4 Å². The van der Waals surface area contributed by atoms with E-state index in [1.807, 2.05) is 31.2 Å². The topological polar surface area (TPSA) is 9.23 Å². The second-order valence-electron chi connectivity index (χ2n) is 6.36. The maximum atomic E-state index is 14.7. The SMILES string of the molecule is C/C=C/CCc1ccc2cc(C(F)=C(F)c3ccc(OC)cc3)ccc2c1. The minimum absolute atomic E-state index is 0.188. The lowest BCUT2D eigenvalue weighted by atomic mass is 10.0. The van der Waals surface area contributed by atoms with E-state index in [2.05, 4.69) is 12.1 Å². The number of aryl methyl sites for hydroxylation is 1. The zero-order chi connectivity index (χ0) is 19.2. The monoisotopic (exact) mass is 364 g/mol. The summed E-state index contributed by atoms with van der Waals surface area (Å²) in [6.45, 7) is 2.01. The summed E-state index contributed by atoms with van der Waals surface area (Å²) in [6.07, 6.45) is 6.13. The molecule has 0 N–H and O–H groups in total. The minimum atomic E-state index is -0.875. The highest BCUT2D eigenvalue weighted by Crippen LogP contribution is 2.31. The molecule has 3 heteroatoms. The second kappa shape index (κ2) is 8.63. The van der Waals surface area contributed by atoms with Gasteiger partial charge in [0.15, 0.2) is 11.7 Å². The maximum absolute atomic E-state index is 14.7. The summed E-state index contributed by atoms with van der Waals surface area (Å²) in [5.74, 6) is -1.14. The van der Waals surface area contributed by atoms with E-state index in [1.165, 1.54) is 24.8 Å². The molecule has 1 nitrogen and oxygen atoms in total. The number of hydrogen-bond acceptors (Lipinski definition) is 1. The molecule has 27 heavy (non-hydrogen) atoms. The standard InChI is InChI=1S/C24H22F2O/c1-3-4-5-6-17-7-8-20-16-21(10-9-19(20)15-17)24(26)23(25)18-11-13-22(27-2)14-12-18/h3-4,7-16H,5-6H2,1-2H3/b4-3+,24-23?. The van der Waals surface area contributed by atoms with Crippen molar-refractivity contribution in [1.29, 1.82) is 0 Å². The lowest BCUT2D eigenvalue weighted by molar-refractivity contribution is 0.414. The number of halogens is 2. The van der Waals surface area contributed by atoms with Crippen LogP contribution in [0.5, 0.6) is 5.75 Å². The van der Waals surface area contributed by atoms with Crippen molar-refractivity contribution in [3.05, 3.63) is 89.5 Å². The predicted octanol–water partition coefficient (Wildman–Crippen LogP) is 7.12. The van der Waals surface area contributed by atoms with E-state index < -0.39 is 11.7 Å². The molecule has 0 heterocycles. The molecule has 3 aromatic carbocycles. The maximum Gasteiger partial charge on any atom is 0.166 e. The molecule has 0 unspecified atom stereocenters. The molecule has 0 aliphatic rings. The van der Waals surface area contributed by atoms with Gasteiger partial charge in [-0.15, -0.1) is 0 Å². The average molecular weight is 364 g/mol. The Labute approximate surface area is 158 Å². The van der Waals surface area contributed by atoms with Crippen molar-refractivity contribution in [1.82, 2.24) is 0 Å². The van der Waals surface area contributed by atoms with E-state index in [1.54, 1.807) is 24.3 Å². The highest BCUT2D eigenvalue weighted by atomic mass is 19.2. The smallest absolute Gasteiger partial charge is 0.166 e. The van der Waals surface area contributed by atoms with Gasteiger partial charge < -0.3 is 4.74 Å². The van der Waals surface area contributed by atoms with Gasteiger partial charge in [-0.1, -0.05) is 42.5 Å². The number of ether oxygens (including phenoxy) is 1. The van der Waals surface area contributed by atoms with Gasteiger partial charge in [0, 0.05) is 11.1 Å². The van der Waals surface area contributed by atoms with Crippen molar-refractivity contribution in [2.45, 2.75) is 19.8 Å². The van der Waals surface area contributed by atoms with E-state index in [4.69, 9.17) is 4.74 Å². The van der Waals surface area contributed by atoms with Crippen LogP contribution in [-0.4, -0.2) is 7.11 Å². The first-order valence-electron chi connectivity index (χ1n) is 8.96. The Kier molecular flexibility index (Phi) is 6.02. The first-order chi connectivity index (χ1) is 13.1. The van der Waals surface area contributed by atoms with Gasteiger partial charge in [-0.2, -0.15) is 0 Å². The van der Waals surface area contributed by atoms with Crippen molar-refractivity contribution in [3.8, 4) is 5.75 Å². The first-order valence-corrected chi connectivity index (χ1v) is 8.96. The van der Waals surface area contributed by atoms with Gasteiger partial charge in [0.05, 0.1) is 7.11 Å². The molecule has 0 fully saturated rings. The zero-order valence-electron chi connectivity index (χ0n) is 15.5. The second-order valence-corrected chi connectivity index (χ2v) is 6.36. The average Bonchev–Trinajstić information content (AvgIpc) is 2.72. The number of methoxy groups -OCH3 is 1.